The number of thiazole rings is 1. The summed E-state index contributed by atoms with van der Waals surface area (Å²) >= 11 is 6.59. The van der Waals surface area contributed by atoms with Gasteiger partial charge in [-0.05, 0) is 11.6 Å². The minimum Gasteiger partial charge on any atom is -0.477 e. The first-order valence-corrected chi connectivity index (χ1v) is 14.4. The standard InChI is InChI=1S/C22H23N9O9S3/c1-39-29-12(9-7-43-22(24)25-9)16(33)26-13-18(35)31-14(21(37)38)8(6-42-20(13)31)4-10(41)15-27-28-17(34)19(36)30(15)2-3-40-11(32)5-23/h4,7,13,20,41H,2-3,5-6,23H2,1H3,(H2,24,25)(H,26,33)(H,28,34)(H,37,38). The fraction of sp³-hybridized carbons (Fsp3) is 0.318. The van der Waals surface area contributed by atoms with E-state index in [0.29, 0.717) is 0 Å². The summed E-state index contributed by atoms with van der Waals surface area (Å²) in [5, 5.41) is 23.0. The third-order valence-electron chi connectivity index (χ3n) is 5.89. The van der Waals surface area contributed by atoms with E-state index in [9.17, 15) is 33.9 Å². The third-order valence-corrected chi connectivity index (χ3v) is 8.20. The topological polar surface area (TPSA) is 267 Å². The molecule has 0 radical (unpaired) electrons. The average molecular weight is 654 g/mol. The van der Waals surface area contributed by atoms with Crippen LogP contribution >= 0.6 is 35.7 Å². The van der Waals surface area contributed by atoms with Gasteiger partial charge in [0.2, 0.25) is 0 Å². The number of thiol groups is 1. The van der Waals surface area contributed by atoms with Crippen LogP contribution < -0.4 is 27.9 Å². The number of aliphatic carboxylic acids is 1. The first-order chi connectivity index (χ1) is 20.5. The quantitative estimate of drug-likeness (QED) is 0.0367. The number of nitrogen functional groups attached to an aromatic ring is 1. The molecule has 4 rings (SSSR count). The van der Waals surface area contributed by atoms with Crippen molar-refractivity contribution >= 4 is 75.2 Å². The number of nitrogens with zero attached hydrogens (tertiary/aromatic N) is 5. The number of rotatable bonds is 11. The van der Waals surface area contributed by atoms with Crippen molar-refractivity contribution in [1.29, 1.82) is 0 Å². The second kappa shape index (κ2) is 13.2. The molecule has 0 aliphatic carbocycles. The molecule has 1 saturated heterocycles. The monoisotopic (exact) mass is 653 g/mol. The van der Waals surface area contributed by atoms with Crippen LogP contribution in [0, 0.1) is 0 Å². The SMILES string of the molecule is CON=C(C(=O)NC1C(=O)N2C(C(=O)O)=C(C=C(S)c3n[nH]c(=O)c(=O)n3CCOC(=O)CN)CSC12)c1csc(N)n1. The van der Waals surface area contributed by atoms with Gasteiger partial charge in [0.25, 0.3) is 11.8 Å². The lowest BCUT2D eigenvalue weighted by molar-refractivity contribution is -0.150. The highest BCUT2D eigenvalue weighted by Crippen LogP contribution is 2.41. The number of β-lactam (4-membered cyclic amide) rings is 1. The molecule has 21 heteroatoms. The number of carbonyl (C=O) groups excluding carboxylic acids is 3. The maximum Gasteiger partial charge on any atom is 0.352 e. The Kier molecular flexibility index (Phi) is 9.68. The highest BCUT2D eigenvalue weighted by Gasteiger charge is 2.54. The van der Waals surface area contributed by atoms with Gasteiger partial charge in [-0.25, -0.2) is 14.9 Å². The number of H-pyrrole nitrogens is 1. The number of hydrogen-bond donors (Lipinski definition) is 6. The molecule has 228 valence electrons. The average Bonchev–Trinajstić information content (AvgIpc) is 3.41. The second-order valence-electron chi connectivity index (χ2n) is 8.52. The van der Waals surface area contributed by atoms with Crippen LogP contribution in [0.15, 0.2) is 37.5 Å². The Morgan fingerprint density at radius 3 is 2.72 bits per heavy atom. The van der Waals surface area contributed by atoms with Gasteiger partial charge < -0.3 is 31.5 Å². The molecule has 4 heterocycles. The smallest absolute Gasteiger partial charge is 0.352 e. The van der Waals surface area contributed by atoms with E-state index in [0.717, 1.165) is 32.6 Å². The molecule has 0 aromatic carbocycles. The van der Waals surface area contributed by atoms with E-state index in [1.54, 1.807) is 0 Å². The summed E-state index contributed by atoms with van der Waals surface area (Å²) in [6, 6.07) is -1.09. The van der Waals surface area contributed by atoms with Crippen LogP contribution in [0.2, 0.25) is 0 Å². The highest BCUT2D eigenvalue weighted by molar-refractivity contribution is 8.00. The van der Waals surface area contributed by atoms with Gasteiger partial charge in [-0.15, -0.1) is 35.7 Å². The van der Waals surface area contributed by atoms with Crippen LogP contribution in [-0.4, -0.2) is 96.6 Å². The number of aromatic amines is 1. The molecular weight excluding hydrogens is 630 g/mol. The Hall–Kier alpha value is -4.47. The molecule has 7 N–H and O–H groups in total. The molecule has 0 saturated carbocycles. The van der Waals surface area contributed by atoms with Crippen LogP contribution in [0.1, 0.15) is 11.5 Å². The molecule has 2 aromatic heterocycles. The summed E-state index contributed by atoms with van der Waals surface area (Å²) in [4.78, 5) is 83.8. The molecule has 1 fully saturated rings. The Balaban J connectivity index is 1.59. The summed E-state index contributed by atoms with van der Waals surface area (Å²) in [6.07, 6.45) is 1.29. The largest absolute Gasteiger partial charge is 0.477 e. The number of nitrogens with one attached hydrogen (secondary N) is 2. The Morgan fingerprint density at radius 1 is 1.35 bits per heavy atom. The lowest BCUT2D eigenvalue weighted by Crippen LogP contribution is -2.71. The Labute approximate surface area is 254 Å². The lowest BCUT2D eigenvalue weighted by Gasteiger charge is -2.49. The zero-order chi connectivity index (χ0) is 31.4. The molecule has 2 amide bonds. The number of carboxylic acids is 1. The normalized spacial score (nSPS) is 18.6. The zero-order valence-electron chi connectivity index (χ0n) is 22.0. The predicted molar refractivity (Wildman–Crippen MR) is 156 cm³/mol. The van der Waals surface area contributed by atoms with Crippen LogP contribution in [0.5, 0.6) is 0 Å². The number of esters is 1. The Bertz CT molecular complexity index is 1690. The van der Waals surface area contributed by atoms with E-state index in [2.05, 4.69) is 33.2 Å². The number of carboxylic acid groups (broad SMARTS) is 1. The van der Waals surface area contributed by atoms with Crippen LogP contribution in [0.25, 0.3) is 4.91 Å². The lowest BCUT2D eigenvalue weighted by atomic mass is 10.0. The van der Waals surface area contributed by atoms with Gasteiger partial charge in [-0.2, -0.15) is 5.10 Å². The molecule has 2 atom stereocenters. The van der Waals surface area contributed by atoms with Gasteiger partial charge in [0.1, 0.15) is 36.5 Å². The number of oxime groups is 1. The fourth-order valence-electron chi connectivity index (χ4n) is 4.03. The van der Waals surface area contributed by atoms with Crippen LogP contribution in [0.4, 0.5) is 5.13 Å². The molecule has 0 spiro atoms. The van der Waals surface area contributed by atoms with Crippen LogP contribution in [-0.2, 0) is 35.3 Å². The number of thioether (sulfide) groups is 1. The number of amides is 2. The number of ether oxygens (including phenoxy) is 1. The van der Waals surface area contributed by atoms with Crippen molar-refractivity contribution in [1.82, 2.24) is 30.0 Å². The van der Waals surface area contributed by atoms with E-state index in [-0.39, 0.29) is 64.0 Å². The summed E-state index contributed by atoms with van der Waals surface area (Å²) < 4.78 is 5.76. The minimum atomic E-state index is -1.43. The number of hydrogen-bond acceptors (Lipinski definition) is 16. The van der Waals surface area contributed by atoms with E-state index in [1.807, 2.05) is 5.10 Å². The Morgan fingerprint density at radius 2 is 2.09 bits per heavy atom. The van der Waals surface area contributed by atoms with Crippen LogP contribution in [0.3, 0.4) is 0 Å². The zero-order valence-corrected chi connectivity index (χ0v) is 24.5. The number of allylic oxidation sites excluding steroid dienone is 1. The maximum absolute atomic E-state index is 13.1. The van der Waals surface area contributed by atoms with Gasteiger partial charge in [0.15, 0.2) is 16.7 Å². The molecular formula is C22H23N9O9S3. The predicted octanol–water partition coefficient (Wildman–Crippen LogP) is -2.47. The van der Waals surface area contributed by atoms with Crippen molar-refractivity contribution in [2.24, 2.45) is 10.9 Å². The first-order valence-electron chi connectivity index (χ1n) is 12.0. The van der Waals surface area contributed by atoms with Crippen molar-refractivity contribution in [2.75, 3.05) is 31.7 Å². The fourth-order valence-corrected chi connectivity index (χ4v) is 6.21. The molecule has 2 aliphatic heterocycles. The van der Waals surface area contributed by atoms with Gasteiger partial charge >= 0.3 is 23.1 Å². The maximum atomic E-state index is 13.1. The van der Waals surface area contributed by atoms with Gasteiger partial charge in [0.05, 0.1) is 13.1 Å². The highest BCUT2D eigenvalue weighted by atomic mass is 32.2. The van der Waals surface area contributed by atoms with E-state index in [4.69, 9.17) is 21.0 Å². The molecule has 2 aromatic rings. The van der Waals surface area contributed by atoms with Crippen molar-refractivity contribution in [3.8, 4) is 0 Å². The molecule has 2 aliphatic rings. The first kappa shape index (κ1) is 31.5. The summed E-state index contributed by atoms with van der Waals surface area (Å²) in [5.41, 5.74) is 8.43. The van der Waals surface area contributed by atoms with Gasteiger partial charge in [-0.3, -0.25) is 33.4 Å². The van der Waals surface area contributed by atoms with E-state index < -0.39 is 46.3 Å². The number of carbonyl (C=O) groups is 4. The summed E-state index contributed by atoms with van der Waals surface area (Å²) in [6.45, 7) is -0.970. The molecule has 2 unspecified atom stereocenters. The van der Waals surface area contributed by atoms with Gasteiger partial charge in [0, 0.05) is 16.0 Å². The van der Waals surface area contributed by atoms with Gasteiger partial charge in [-0.1, -0.05) is 5.16 Å². The van der Waals surface area contributed by atoms with Crippen molar-refractivity contribution in [3.05, 3.63) is 55.0 Å². The number of nitrogens with two attached hydrogens (primary N) is 2. The van der Waals surface area contributed by atoms with E-state index in [1.165, 1.54) is 18.6 Å². The summed E-state index contributed by atoms with van der Waals surface area (Å²) in [5.74, 6) is -3.76. The number of anilines is 1. The second-order valence-corrected chi connectivity index (χ2v) is 11.0. The molecule has 43 heavy (non-hydrogen) atoms. The molecule has 0 bridgehead atoms. The van der Waals surface area contributed by atoms with Crippen molar-refractivity contribution < 1.29 is 33.9 Å². The molecule has 18 nitrogen and oxygen atoms in total. The number of fused-ring (bicyclic) bond motifs is 1. The van der Waals surface area contributed by atoms with Crippen molar-refractivity contribution in [3.63, 3.8) is 0 Å². The summed E-state index contributed by atoms with van der Waals surface area (Å²) in [7, 11) is 1.23. The van der Waals surface area contributed by atoms with Crippen molar-refractivity contribution in [2.45, 2.75) is 18.0 Å². The number of aromatic nitrogens is 4. The van der Waals surface area contributed by atoms with E-state index >= 15 is 0 Å². The minimum absolute atomic E-state index is 0.0351. The third kappa shape index (κ3) is 6.48.